The lowest BCUT2D eigenvalue weighted by molar-refractivity contribution is -0.136. The third-order valence-electron chi connectivity index (χ3n) is 3.39. The van der Waals surface area contributed by atoms with Crippen LogP contribution in [0.15, 0.2) is 24.5 Å². The fraction of sp³-hybridized carbons (Fsp3) is 0.571. The van der Waals surface area contributed by atoms with Gasteiger partial charge in [0.2, 0.25) is 5.91 Å². The fourth-order valence-electron chi connectivity index (χ4n) is 2.04. The van der Waals surface area contributed by atoms with Crippen molar-refractivity contribution in [1.29, 1.82) is 0 Å². The summed E-state index contributed by atoms with van der Waals surface area (Å²) < 4.78 is 0. The highest BCUT2D eigenvalue weighted by molar-refractivity contribution is 5.79. The number of hydrogen-bond donors (Lipinski definition) is 1. The van der Waals surface area contributed by atoms with Gasteiger partial charge in [-0.1, -0.05) is 13.3 Å². The molecule has 0 bridgehead atoms. The molecule has 4 nitrogen and oxygen atoms in total. The maximum atomic E-state index is 12.3. The summed E-state index contributed by atoms with van der Waals surface area (Å²) in [6, 6.07) is 3.92. The lowest BCUT2D eigenvalue weighted by atomic mass is 10.0. The average molecular weight is 249 g/mol. The van der Waals surface area contributed by atoms with E-state index in [0.717, 1.165) is 18.4 Å². The quantitative estimate of drug-likeness (QED) is 0.838. The van der Waals surface area contributed by atoms with Gasteiger partial charge in [0.1, 0.15) is 0 Å². The molecule has 1 aromatic heterocycles. The molecule has 0 fully saturated rings. The molecule has 1 heterocycles. The normalized spacial score (nSPS) is 14.0. The molecule has 100 valence electrons. The van der Waals surface area contributed by atoms with Crippen LogP contribution in [0.5, 0.6) is 0 Å². The Kier molecular flexibility index (Phi) is 5.78. The van der Waals surface area contributed by atoms with Gasteiger partial charge in [-0.05, 0) is 31.0 Å². The molecule has 1 aromatic rings. The van der Waals surface area contributed by atoms with E-state index in [4.69, 9.17) is 5.73 Å². The smallest absolute Gasteiger partial charge is 0.227 e. The Bertz CT molecular complexity index is 367. The number of amides is 1. The summed E-state index contributed by atoms with van der Waals surface area (Å²) in [7, 11) is 1.84. The van der Waals surface area contributed by atoms with Crippen molar-refractivity contribution in [2.45, 2.75) is 32.7 Å². The molecule has 2 unspecified atom stereocenters. The van der Waals surface area contributed by atoms with Crippen LogP contribution in [0.3, 0.4) is 0 Å². The van der Waals surface area contributed by atoms with E-state index >= 15 is 0 Å². The molecule has 1 rings (SSSR count). The first kappa shape index (κ1) is 14.6. The van der Waals surface area contributed by atoms with Crippen LogP contribution in [0.1, 0.15) is 38.3 Å². The van der Waals surface area contributed by atoms with Gasteiger partial charge in [-0.2, -0.15) is 0 Å². The largest absolute Gasteiger partial charge is 0.339 e. The van der Waals surface area contributed by atoms with E-state index in [1.54, 1.807) is 17.3 Å². The first-order chi connectivity index (χ1) is 8.61. The van der Waals surface area contributed by atoms with Crippen LogP contribution < -0.4 is 5.73 Å². The maximum Gasteiger partial charge on any atom is 0.227 e. The Morgan fingerprint density at radius 3 is 2.56 bits per heavy atom. The Morgan fingerprint density at radius 1 is 1.44 bits per heavy atom. The monoisotopic (exact) mass is 249 g/mol. The Labute approximate surface area is 109 Å². The van der Waals surface area contributed by atoms with Crippen LogP contribution in [0.25, 0.3) is 0 Å². The molecular weight excluding hydrogens is 226 g/mol. The van der Waals surface area contributed by atoms with Crippen molar-refractivity contribution in [3.8, 4) is 0 Å². The summed E-state index contributed by atoms with van der Waals surface area (Å²) in [5, 5.41) is 0. The molecule has 1 amide bonds. The van der Waals surface area contributed by atoms with E-state index < -0.39 is 0 Å². The van der Waals surface area contributed by atoms with Gasteiger partial charge in [0.25, 0.3) is 0 Å². The Morgan fingerprint density at radius 2 is 2.06 bits per heavy atom. The molecule has 0 radical (unpaired) electrons. The highest BCUT2D eigenvalue weighted by Crippen LogP contribution is 2.20. The minimum atomic E-state index is -0.0655. The topological polar surface area (TPSA) is 59.2 Å². The van der Waals surface area contributed by atoms with Crippen molar-refractivity contribution >= 4 is 5.91 Å². The standard InChI is InChI=1S/C14H23N3O/c1-4-5-13(10-15)14(18)17(3)11(2)12-6-8-16-9-7-12/h6-9,11,13H,4-5,10,15H2,1-3H3. The summed E-state index contributed by atoms with van der Waals surface area (Å²) in [5.41, 5.74) is 6.77. The van der Waals surface area contributed by atoms with Crippen LogP contribution >= 0.6 is 0 Å². The van der Waals surface area contributed by atoms with E-state index in [1.165, 1.54) is 0 Å². The third kappa shape index (κ3) is 3.53. The second-order valence-corrected chi connectivity index (χ2v) is 4.63. The van der Waals surface area contributed by atoms with E-state index in [9.17, 15) is 4.79 Å². The van der Waals surface area contributed by atoms with E-state index in [0.29, 0.717) is 6.54 Å². The van der Waals surface area contributed by atoms with Gasteiger partial charge < -0.3 is 10.6 Å². The maximum absolute atomic E-state index is 12.3. The minimum absolute atomic E-state index is 0.0476. The number of carbonyl (C=O) groups is 1. The zero-order chi connectivity index (χ0) is 13.5. The molecule has 0 saturated carbocycles. The van der Waals surface area contributed by atoms with Gasteiger partial charge >= 0.3 is 0 Å². The predicted octanol–water partition coefficient (Wildman–Crippen LogP) is 1.98. The van der Waals surface area contributed by atoms with Crippen LogP contribution in [-0.2, 0) is 4.79 Å². The van der Waals surface area contributed by atoms with Crippen molar-refractivity contribution in [2.75, 3.05) is 13.6 Å². The first-order valence-corrected chi connectivity index (χ1v) is 6.48. The number of aromatic nitrogens is 1. The van der Waals surface area contributed by atoms with Crippen molar-refractivity contribution in [2.24, 2.45) is 11.7 Å². The van der Waals surface area contributed by atoms with Crippen molar-refractivity contribution in [3.63, 3.8) is 0 Å². The van der Waals surface area contributed by atoms with Crippen LogP contribution in [0.4, 0.5) is 0 Å². The van der Waals surface area contributed by atoms with E-state index in [-0.39, 0.29) is 17.9 Å². The minimum Gasteiger partial charge on any atom is -0.339 e. The molecule has 0 aromatic carbocycles. The van der Waals surface area contributed by atoms with Gasteiger partial charge in [-0.25, -0.2) is 0 Å². The summed E-state index contributed by atoms with van der Waals surface area (Å²) >= 11 is 0. The highest BCUT2D eigenvalue weighted by atomic mass is 16.2. The molecule has 4 heteroatoms. The Hall–Kier alpha value is -1.42. The number of pyridine rings is 1. The molecule has 18 heavy (non-hydrogen) atoms. The Balaban J connectivity index is 2.74. The van der Waals surface area contributed by atoms with Gasteiger partial charge in [0.05, 0.1) is 12.0 Å². The van der Waals surface area contributed by atoms with Crippen LogP contribution in [0.2, 0.25) is 0 Å². The molecule has 0 saturated heterocycles. The van der Waals surface area contributed by atoms with Gasteiger partial charge in [0, 0.05) is 26.0 Å². The summed E-state index contributed by atoms with van der Waals surface area (Å²) in [4.78, 5) is 18.1. The number of rotatable bonds is 6. The third-order valence-corrected chi connectivity index (χ3v) is 3.39. The van der Waals surface area contributed by atoms with Crippen LogP contribution in [-0.4, -0.2) is 29.4 Å². The highest BCUT2D eigenvalue weighted by Gasteiger charge is 2.23. The molecule has 0 aliphatic heterocycles. The average Bonchev–Trinajstić information content (AvgIpc) is 2.43. The van der Waals surface area contributed by atoms with Crippen molar-refractivity contribution < 1.29 is 4.79 Å². The molecule has 2 atom stereocenters. The van der Waals surface area contributed by atoms with Gasteiger partial charge in [-0.15, -0.1) is 0 Å². The zero-order valence-corrected chi connectivity index (χ0v) is 11.5. The fourth-order valence-corrected chi connectivity index (χ4v) is 2.04. The lowest BCUT2D eigenvalue weighted by Gasteiger charge is -2.28. The SMILES string of the molecule is CCCC(CN)C(=O)N(C)C(C)c1ccncc1. The second kappa shape index (κ2) is 7.11. The number of carbonyl (C=O) groups excluding carboxylic acids is 1. The summed E-state index contributed by atoms with van der Waals surface area (Å²) in [6.45, 7) is 4.51. The predicted molar refractivity (Wildman–Crippen MR) is 72.9 cm³/mol. The summed E-state index contributed by atoms with van der Waals surface area (Å²) in [5.74, 6) is 0.0629. The van der Waals surface area contributed by atoms with E-state index in [2.05, 4.69) is 11.9 Å². The molecule has 0 aliphatic rings. The van der Waals surface area contributed by atoms with E-state index in [1.807, 2.05) is 26.1 Å². The van der Waals surface area contributed by atoms with Crippen molar-refractivity contribution in [3.05, 3.63) is 30.1 Å². The molecule has 2 N–H and O–H groups in total. The zero-order valence-electron chi connectivity index (χ0n) is 11.5. The van der Waals surface area contributed by atoms with Gasteiger partial charge in [0.15, 0.2) is 0 Å². The number of hydrogen-bond acceptors (Lipinski definition) is 3. The second-order valence-electron chi connectivity index (χ2n) is 4.63. The summed E-state index contributed by atoms with van der Waals surface area (Å²) in [6.07, 6.45) is 5.32. The molecule has 0 spiro atoms. The van der Waals surface area contributed by atoms with Crippen molar-refractivity contribution in [1.82, 2.24) is 9.88 Å². The number of nitrogens with zero attached hydrogens (tertiary/aromatic N) is 2. The lowest BCUT2D eigenvalue weighted by Crippen LogP contribution is -2.38. The molecule has 0 aliphatic carbocycles. The van der Waals surface area contributed by atoms with Gasteiger partial charge in [-0.3, -0.25) is 9.78 Å². The number of nitrogens with two attached hydrogens (primary N) is 1. The van der Waals surface area contributed by atoms with Crippen LogP contribution in [0, 0.1) is 5.92 Å². The molecular formula is C14H23N3O. The first-order valence-electron chi connectivity index (χ1n) is 6.48.